The van der Waals surface area contributed by atoms with Gasteiger partial charge in [-0.05, 0) is 46.0 Å². The van der Waals surface area contributed by atoms with Crippen molar-refractivity contribution >= 4 is 20.2 Å². The van der Waals surface area contributed by atoms with Crippen LogP contribution in [-0.4, -0.2) is 6.29 Å². The first-order valence-corrected chi connectivity index (χ1v) is 15.8. The summed E-state index contributed by atoms with van der Waals surface area (Å²) >= 11 is 0. The molecule has 5 aromatic carbocycles. The van der Waals surface area contributed by atoms with E-state index in [1.165, 1.54) is 27.8 Å². The lowest BCUT2D eigenvalue weighted by molar-refractivity contribution is 0.112. The molecular weight excluding hydrogens is 531 g/mol. The molecule has 0 bridgehead atoms. The molecule has 0 aliphatic rings. The van der Waals surface area contributed by atoms with Crippen molar-refractivity contribution < 1.29 is 9.53 Å². The van der Waals surface area contributed by atoms with Crippen molar-refractivity contribution in [3.8, 4) is 5.75 Å². The van der Waals surface area contributed by atoms with Crippen LogP contribution in [0.25, 0.3) is 0 Å². The first-order valence-electron chi connectivity index (χ1n) is 14.8. The zero-order valence-corrected chi connectivity index (χ0v) is 25.6. The maximum absolute atomic E-state index is 12.0. The van der Waals surface area contributed by atoms with Gasteiger partial charge in [0.15, 0.2) is 6.29 Å². The summed E-state index contributed by atoms with van der Waals surface area (Å²) in [4.78, 5) is 12.0. The fourth-order valence-corrected chi connectivity index (χ4v) is 7.48. The maximum Gasteiger partial charge on any atom is 0.150 e. The lowest BCUT2D eigenvalue weighted by atomic mass is 9.87. The summed E-state index contributed by atoms with van der Waals surface area (Å²) < 4.78 is 6.85. The molecule has 0 fully saturated rings. The van der Waals surface area contributed by atoms with Gasteiger partial charge in [0.2, 0.25) is 0 Å². The molecule has 3 heteroatoms. The van der Waals surface area contributed by atoms with Crippen LogP contribution in [-0.2, 0) is 24.6 Å². The summed E-state index contributed by atoms with van der Waals surface area (Å²) in [6.45, 7) is 5.11. The third-order valence-corrected chi connectivity index (χ3v) is 9.58. The highest BCUT2D eigenvalue weighted by Crippen LogP contribution is 2.50. The number of carbonyl (C=O) groups is 1. The molecule has 0 aromatic heterocycles. The Bertz CT molecular complexity index is 1580. The molecule has 2 nitrogen and oxygen atoms in total. The van der Waals surface area contributed by atoms with E-state index in [-0.39, 0.29) is 5.16 Å². The van der Waals surface area contributed by atoms with E-state index in [2.05, 4.69) is 117 Å². The summed E-state index contributed by atoms with van der Waals surface area (Å²) in [6.07, 6.45) is 4.65. The van der Waals surface area contributed by atoms with Crippen molar-refractivity contribution in [3.05, 3.63) is 166 Å². The van der Waals surface area contributed by atoms with Crippen LogP contribution in [0.15, 0.2) is 127 Å². The molecule has 0 aliphatic heterocycles. The molecule has 0 heterocycles. The van der Waals surface area contributed by atoms with Crippen molar-refractivity contribution in [2.24, 2.45) is 0 Å². The Morgan fingerprint density at radius 2 is 1.26 bits per heavy atom. The SMILES string of the molecule is CCCC(C)(Pc1ccccc1C=O)c1cc(Cc2ccccc2)cc(Cc2ccccc2)c1OCc1ccccc1. The van der Waals surface area contributed by atoms with Gasteiger partial charge in [0.25, 0.3) is 0 Å². The second kappa shape index (κ2) is 14.3. The zero-order valence-electron chi connectivity index (χ0n) is 24.6. The summed E-state index contributed by atoms with van der Waals surface area (Å²) in [7, 11) is 0.423. The predicted molar refractivity (Wildman–Crippen MR) is 178 cm³/mol. The van der Waals surface area contributed by atoms with E-state index in [0.29, 0.717) is 15.2 Å². The van der Waals surface area contributed by atoms with Crippen molar-refractivity contribution in [2.45, 2.75) is 51.3 Å². The van der Waals surface area contributed by atoms with Crippen molar-refractivity contribution in [1.29, 1.82) is 0 Å². The first-order chi connectivity index (χ1) is 20.6. The van der Waals surface area contributed by atoms with E-state index in [9.17, 15) is 4.79 Å². The first kappa shape index (κ1) is 29.5. The van der Waals surface area contributed by atoms with Crippen LogP contribution in [0.4, 0.5) is 0 Å². The Hall–Kier alpha value is -4.00. The molecule has 0 N–H and O–H groups in total. The molecule has 42 heavy (non-hydrogen) atoms. The summed E-state index contributed by atoms with van der Waals surface area (Å²) in [5.74, 6) is 0.978. The van der Waals surface area contributed by atoms with E-state index < -0.39 is 0 Å². The third kappa shape index (κ3) is 7.44. The van der Waals surface area contributed by atoms with Crippen LogP contribution in [0.3, 0.4) is 0 Å². The minimum absolute atomic E-state index is 0.210. The highest BCUT2D eigenvalue weighted by atomic mass is 31.1. The molecule has 0 saturated heterocycles. The lowest BCUT2D eigenvalue weighted by Gasteiger charge is -2.34. The minimum atomic E-state index is -0.210. The molecule has 0 radical (unpaired) electrons. The van der Waals surface area contributed by atoms with Crippen LogP contribution in [0, 0.1) is 0 Å². The van der Waals surface area contributed by atoms with Gasteiger partial charge in [-0.3, -0.25) is 4.79 Å². The molecule has 0 amide bonds. The average Bonchev–Trinajstić information content (AvgIpc) is 3.02. The Labute approximate surface area is 252 Å². The molecule has 0 saturated carbocycles. The van der Waals surface area contributed by atoms with E-state index in [4.69, 9.17) is 4.74 Å². The second-order valence-corrected chi connectivity index (χ2v) is 13.0. The summed E-state index contributed by atoms with van der Waals surface area (Å²) in [5.41, 5.74) is 8.19. The molecular formula is C39H39O2P. The smallest absolute Gasteiger partial charge is 0.150 e. The molecule has 212 valence electrons. The number of hydrogen-bond donors (Lipinski definition) is 0. The zero-order chi connectivity index (χ0) is 29.2. The van der Waals surface area contributed by atoms with Crippen molar-refractivity contribution in [2.75, 3.05) is 0 Å². The van der Waals surface area contributed by atoms with Crippen LogP contribution >= 0.6 is 8.58 Å². The van der Waals surface area contributed by atoms with Crippen LogP contribution < -0.4 is 10.0 Å². The highest BCUT2D eigenvalue weighted by molar-refractivity contribution is 7.48. The Morgan fingerprint density at radius 1 is 0.690 bits per heavy atom. The van der Waals surface area contributed by atoms with Crippen LogP contribution in [0.5, 0.6) is 5.75 Å². The van der Waals surface area contributed by atoms with E-state index >= 15 is 0 Å². The van der Waals surface area contributed by atoms with Crippen LogP contribution in [0.2, 0.25) is 0 Å². The summed E-state index contributed by atoms with van der Waals surface area (Å²) in [5, 5.41) is 0.897. The third-order valence-electron chi connectivity index (χ3n) is 7.78. The van der Waals surface area contributed by atoms with Gasteiger partial charge >= 0.3 is 0 Å². The number of benzene rings is 5. The topological polar surface area (TPSA) is 26.3 Å². The van der Waals surface area contributed by atoms with E-state index in [0.717, 1.165) is 54.2 Å². The number of ether oxygens (including phenoxy) is 1. The normalized spacial score (nSPS) is 12.7. The van der Waals surface area contributed by atoms with E-state index in [1.807, 2.05) is 24.3 Å². The molecule has 5 rings (SSSR count). The Kier molecular flexibility index (Phi) is 10.0. The fraction of sp³-hybridized carbons (Fsp3) is 0.205. The largest absolute Gasteiger partial charge is 0.488 e. The number of hydrogen-bond acceptors (Lipinski definition) is 2. The quantitative estimate of drug-likeness (QED) is 0.104. The van der Waals surface area contributed by atoms with Crippen molar-refractivity contribution in [3.63, 3.8) is 0 Å². The van der Waals surface area contributed by atoms with Gasteiger partial charge in [-0.1, -0.05) is 156 Å². The molecule has 0 spiro atoms. The van der Waals surface area contributed by atoms with Gasteiger partial charge in [-0.15, -0.1) is 0 Å². The Balaban J connectivity index is 1.67. The average molecular weight is 571 g/mol. The number of aldehydes is 1. The van der Waals surface area contributed by atoms with Gasteiger partial charge in [0.1, 0.15) is 12.4 Å². The van der Waals surface area contributed by atoms with Gasteiger partial charge < -0.3 is 4.74 Å². The second-order valence-electron chi connectivity index (χ2n) is 11.1. The van der Waals surface area contributed by atoms with Gasteiger partial charge in [-0.2, -0.15) is 0 Å². The van der Waals surface area contributed by atoms with Crippen LogP contribution in [0.1, 0.15) is 70.4 Å². The monoisotopic (exact) mass is 570 g/mol. The maximum atomic E-state index is 12.0. The predicted octanol–water partition coefficient (Wildman–Crippen LogP) is 9.28. The molecule has 5 aromatic rings. The standard InChI is InChI=1S/C39H39O2P/c1-3-23-39(2,42-37-22-14-13-21-34(37)28-40)36-27-33(24-30-15-7-4-8-16-30)26-35(25-31-17-9-5-10-18-31)38(36)41-29-32-19-11-6-12-20-32/h4-22,26-28,42H,3,23-25,29H2,1-2H3. The minimum Gasteiger partial charge on any atom is -0.488 e. The number of carbonyl (C=O) groups excluding carboxylic acids is 1. The van der Waals surface area contributed by atoms with Gasteiger partial charge in [0.05, 0.1) is 0 Å². The Morgan fingerprint density at radius 3 is 1.88 bits per heavy atom. The molecule has 2 atom stereocenters. The van der Waals surface area contributed by atoms with E-state index in [1.54, 1.807) is 0 Å². The fourth-order valence-electron chi connectivity index (χ4n) is 5.72. The lowest BCUT2D eigenvalue weighted by Crippen LogP contribution is -2.23. The number of rotatable bonds is 13. The van der Waals surface area contributed by atoms with Gasteiger partial charge in [-0.25, -0.2) is 0 Å². The summed E-state index contributed by atoms with van der Waals surface area (Å²) in [6, 6.07) is 44.5. The van der Waals surface area contributed by atoms with Crippen molar-refractivity contribution in [1.82, 2.24) is 0 Å². The van der Waals surface area contributed by atoms with Gasteiger partial charge in [0, 0.05) is 22.7 Å². The molecule has 2 unspecified atom stereocenters. The molecule has 0 aliphatic carbocycles. The highest BCUT2D eigenvalue weighted by Gasteiger charge is 2.32.